The number of benzene rings is 2. The number of hydrogen-bond acceptors (Lipinski definition) is 4. The van der Waals surface area contributed by atoms with Crippen LogP contribution in [0.5, 0.6) is 0 Å². The zero-order valence-corrected chi connectivity index (χ0v) is 25.5. The number of aliphatic hydroxyl groups excluding tert-OH is 1. The molecule has 0 spiro atoms. The highest BCUT2D eigenvalue weighted by Gasteiger charge is 2.50. The van der Waals surface area contributed by atoms with Gasteiger partial charge in [-0.25, -0.2) is 0 Å². The molecule has 0 radical (unpaired) electrons. The molecule has 0 fully saturated rings. The minimum absolute atomic E-state index is 0.000105. The van der Waals surface area contributed by atoms with Crippen molar-refractivity contribution in [2.24, 2.45) is 0 Å². The van der Waals surface area contributed by atoms with Gasteiger partial charge in [0.15, 0.2) is 0 Å². The lowest BCUT2D eigenvalue weighted by Crippen LogP contribution is -2.66. The van der Waals surface area contributed by atoms with Crippen LogP contribution in [0.15, 0.2) is 107 Å². The van der Waals surface area contributed by atoms with E-state index >= 15 is 0 Å². The second-order valence-corrected chi connectivity index (χ2v) is 15.9. The third-order valence-corrected chi connectivity index (χ3v) is 12.7. The van der Waals surface area contributed by atoms with Crippen LogP contribution in [0, 0.1) is 0 Å². The molecule has 0 saturated carbocycles. The molecule has 4 rings (SSSR count). The maximum Gasteiger partial charge on any atom is 0.261 e. The number of allylic oxidation sites excluding steroid dienone is 1. The molecule has 40 heavy (non-hydrogen) atoms. The molecule has 1 atom stereocenters. The molecule has 2 heterocycles. The molecule has 0 amide bonds. The average Bonchev–Trinajstić information content (AvgIpc) is 3.62. The van der Waals surface area contributed by atoms with Crippen molar-refractivity contribution in [2.45, 2.75) is 71.1 Å². The van der Waals surface area contributed by atoms with Gasteiger partial charge in [0.2, 0.25) is 0 Å². The first-order valence-electron chi connectivity index (χ1n) is 14.4. The lowest BCUT2D eigenvalue weighted by atomic mass is 9.96. The summed E-state index contributed by atoms with van der Waals surface area (Å²) in [6.07, 6.45) is 8.13. The molecule has 1 aliphatic rings. The zero-order chi connectivity index (χ0) is 28.6. The van der Waals surface area contributed by atoms with Crippen molar-refractivity contribution in [3.63, 3.8) is 0 Å². The molecule has 5 heteroatoms. The predicted molar refractivity (Wildman–Crippen MR) is 167 cm³/mol. The van der Waals surface area contributed by atoms with Gasteiger partial charge < -0.3 is 18.7 Å². The van der Waals surface area contributed by atoms with Gasteiger partial charge in [0, 0.05) is 0 Å². The molecule has 3 aromatic rings. The summed E-state index contributed by atoms with van der Waals surface area (Å²) in [4.78, 5) is 0. The molecule has 2 aromatic carbocycles. The molecule has 212 valence electrons. The van der Waals surface area contributed by atoms with E-state index in [4.69, 9.17) is 13.6 Å². The number of rotatable bonds is 13. The smallest absolute Gasteiger partial charge is 0.261 e. The van der Waals surface area contributed by atoms with Crippen LogP contribution in [0.4, 0.5) is 0 Å². The van der Waals surface area contributed by atoms with Crippen LogP contribution in [0.3, 0.4) is 0 Å². The summed E-state index contributed by atoms with van der Waals surface area (Å²) in [5.41, 5.74) is 3.48. The highest BCUT2D eigenvalue weighted by molar-refractivity contribution is 6.99. The molecule has 0 bridgehead atoms. The SMILES string of the molecule is C=C(CO[Si](c1ccccc1)(c1ccccc1)C(C)(C)C)C1=CCOC1CC/C(=C/c1ccc(CO)o1)CCC. The Kier molecular flexibility index (Phi) is 10.2. The van der Waals surface area contributed by atoms with E-state index < -0.39 is 8.32 Å². The summed E-state index contributed by atoms with van der Waals surface area (Å²) in [6.45, 7) is 14.6. The first-order valence-corrected chi connectivity index (χ1v) is 16.3. The maximum absolute atomic E-state index is 9.33. The summed E-state index contributed by atoms with van der Waals surface area (Å²) in [5.74, 6) is 1.38. The predicted octanol–water partition coefficient (Wildman–Crippen LogP) is 7.19. The lowest BCUT2D eigenvalue weighted by Gasteiger charge is -2.43. The van der Waals surface area contributed by atoms with E-state index in [0.717, 1.165) is 42.6 Å². The van der Waals surface area contributed by atoms with E-state index in [9.17, 15) is 5.11 Å². The summed E-state index contributed by atoms with van der Waals surface area (Å²) in [5, 5.41) is 11.8. The number of hydrogen-bond donors (Lipinski definition) is 1. The van der Waals surface area contributed by atoms with Crippen LogP contribution in [0.25, 0.3) is 6.08 Å². The zero-order valence-electron chi connectivity index (χ0n) is 24.5. The summed E-state index contributed by atoms with van der Waals surface area (Å²) in [7, 11) is -2.64. The molecule has 1 unspecified atom stereocenters. The fourth-order valence-electron chi connectivity index (χ4n) is 5.79. The first-order chi connectivity index (χ1) is 19.3. The monoisotopic (exact) mass is 556 g/mol. The quantitative estimate of drug-likeness (QED) is 0.226. The molecule has 1 N–H and O–H groups in total. The van der Waals surface area contributed by atoms with Crippen LogP contribution in [0.2, 0.25) is 5.04 Å². The molecular formula is C35H44O4Si. The van der Waals surface area contributed by atoms with E-state index in [2.05, 4.69) is 107 Å². The first kappa shape index (κ1) is 30.0. The molecule has 4 nitrogen and oxygen atoms in total. The normalized spacial score (nSPS) is 16.3. The van der Waals surface area contributed by atoms with Gasteiger partial charge in [-0.3, -0.25) is 0 Å². The minimum Gasteiger partial charge on any atom is -0.459 e. The highest BCUT2D eigenvalue weighted by Crippen LogP contribution is 2.38. The van der Waals surface area contributed by atoms with E-state index in [1.165, 1.54) is 15.9 Å². The van der Waals surface area contributed by atoms with Gasteiger partial charge in [-0.2, -0.15) is 0 Å². The Morgan fingerprint density at radius 1 is 1.00 bits per heavy atom. The van der Waals surface area contributed by atoms with Crippen molar-refractivity contribution in [1.29, 1.82) is 0 Å². The van der Waals surface area contributed by atoms with E-state index in [1.54, 1.807) is 0 Å². The second kappa shape index (κ2) is 13.6. The van der Waals surface area contributed by atoms with Gasteiger partial charge in [-0.15, -0.1) is 0 Å². The van der Waals surface area contributed by atoms with Crippen molar-refractivity contribution in [2.75, 3.05) is 13.2 Å². The Morgan fingerprint density at radius 2 is 1.65 bits per heavy atom. The molecular weight excluding hydrogens is 512 g/mol. The molecule has 1 aliphatic heterocycles. The maximum atomic E-state index is 9.33. The highest BCUT2D eigenvalue weighted by atomic mass is 28.4. The molecule has 0 saturated heterocycles. The standard InChI is InChI=1S/C35H44O4Si/c1-6-13-28(24-29-19-20-30(25-36)39-29)18-21-34-33(22-23-37-34)27(2)26-38-40(35(3,4)5,31-14-9-7-10-15-31)32-16-11-8-12-17-32/h7-12,14-17,19-20,22,24,34,36H,2,6,13,18,21,23,25-26H2,1,3-5H3/b28-24+. The summed E-state index contributed by atoms with van der Waals surface area (Å²) < 4.78 is 19.0. The Hall–Kier alpha value is -2.96. The van der Waals surface area contributed by atoms with Crippen LogP contribution in [-0.2, 0) is 15.8 Å². The average molecular weight is 557 g/mol. The van der Waals surface area contributed by atoms with Gasteiger partial charge in [-0.1, -0.05) is 113 Å². The Balaban J connectivity index is 1.51. The van der Waals surface area contributed by atoms with Crippen LogP contribution in [-0.4, -0.2) is 32.7 Å². The second-order valence-electron chi connectivity index (χ2n) is 11.6. The van der Waals surface area contributed by atoms with Crippen molar-refractivity contribution in [3.05, 3.63) is 114 Å². The number of ether oxygens (including phenoxy) is 1. The summed E-state index contributed by atoms with van der Waals surface area (Å²) >= 11 is 0. The Bertz CT molecular complexity index is 1260. The van der Waals surface area contributed by atoms with Crippen molar-refractivity contribution < 1.29 is 18.7 Å². The van der Waals surface area contributed by atoms with Crippen molar-refractivity contribution in [1.82, 2.24) is 0 Å². The van der Waals surface area contributed by atoms with Gasteiger partial charge in [-0.05, 0) is 64.0 Å². The van der Waals surface area contributed by atoms with E-state index in [0.29, 0.717) is 19.0 Å². The van der Waals surface area contributed by atoms with Crippen LogP contribution in [0.1, 0.15) is 64.9 Å². The third kappa shape index (κ3) is 6.84. The lowest BCUT2D eigenvalue weighted by molar-refractivity contribution is 0.115. The van der Waals surface area contributed by atoms with Crippen molar-refractivity contribution >= 4 is 24.8 Å². The number of furan rings is 1. The fraction of sp³-hybridized carbons (Fsp3) is 0.371. The third-order valence-electron chi connectivity index (χ3n) is 7.72. The number of aliphatic hydroxyl groups is 1. The fourth-order valence-corrected chi connectivity index (χ4v) is 10.3. The molecule has 1 aromatic heterocycles. The van der Waals surface area contributed by atoms with Crippen LogP contribution >= 0.6 is 0 Å². The topological polar surface area (TPSA) is 51.8 Å². The minimum atomic E-state index is -2.64. The largest absolute Gasteiger partial charge is 0.459 e. The van der Waals surface area contributed by atoms with Gasteiger partial charge in [0.1, 0.15) is 18.1 Å². The van der Waals surface area contributed by atoms with E-state index in [-0.39, 0.29) is 17.7 Å². The van der Waals surface area contributed by atoms with Crippen molar-refractivity contribution in [3.8, 4) is 0 Å². The van der Waals surface area contributed by atoms with E-state index in [1.807, 2.05) is 12.1 Å². The molecule has 0 aliphatic carbocycles. The Labute approximate surface area is 241 Å². The van der Waals surface area contributed by atoms with Gasteiger partial charge in [0.05, 0.1) is 19.3 Å². The van der Waals surface area contributed by atoms with Gasteiger partial charge >= 0.3 is 0 Å². The van der Waals surface area contributed by atoms with Crippen LogP contribution < -0.4 is 10.4 Å². The Morgan fingerprint density at radius 3 is 2.20 bits per heavy atom. The van der Waals surface area contributed by atoms with Gasteiger partial charge in [0.25, 0.3) is 8.32 Å². The summed E-state index contributed by atoms with van der Waals surface area (Å²) in [6, 6.07) is 25.2.